The molecule has 0 saturated heterocycles. The van der Waals surface area contributed by atoms with Crippen LogP contribution in [0.15, 0.2) is 146 Å². The maximum absolute atomic E-state index is 6.61. The van der Waals surface area contributed by atoms with E-state index in [1.807, 2.05) is 24.3 Å². The predicted octanol–water partition coefficient (Wildman–Crippen LogP) is 9.43. The van der Waals surface area contributed by atoms with Crippen molar-refractivity contribution in [3.05, 3.63) is 168 Å². The number of hydrogen-bond donors (Lipinski definition) is 0. The Bertz CT molecular complexity index is 2140. The third-order valence-corrected chi connectivity index (χ3v) is 8.76. The van der Waals surface area contributed by atoms with Gasteiger partial charge in [0.25, 0.3) is 0 Å². The zero-order chi connectivity index (χ0) is 27.7. The summed E-state index contributed by atoms with van der Waals surface area (Å²) in [5.41, 5.74) is 10.7. The molecule has 1 spiro atoms. The molecular weight excluding hydrogens is 512 g/mol. The number of fused-ring (bicyclic) bond motifs is 10. The lowest BCUT2D eigenvalue weighted by molar-refractivity contribution is 0.436. The first-order chi connectivity index (χ1) is 20.8. The molecule has 0 unspecified atom stereocenters. The summed E-state index contributed by atoms with van der Waals surface area (Å²) >= 11 is 0. The normalized spacial score (nSPS) is 13.6. The van der Waals surface area contributed by atoms with Crippen molar-refractivity contribution in [3.63, 3.8) is 0 Å². The highest BCUT2D eigenvalue weighted by atomic mass is 16.5. The summed E-state index contributed by atoms with van der Waals surface area (Å²) in [6.45, 7) is 0. The van der Waals surface area contributed by atoms with Gasteiger partial charge in [-0.15, -0.1) is 0 Å². The highest BCUT2D eigenvalue weighted by Crippen LogP contribution is 2.62. The van der Waals surface area contributed by atoms with Crippen LogP contribution in [-0.2, 0) is 5.41 Å². The largest absolute Gasteiger partial charge is 0.457 e. The molecule has 7 aromatic rings. The van der Waals surface area contributed by atoms with Crippen LogP contribution in [0, 0.1) is 0 Å². The van der Waals surface area contributed by atoms with Crippen molar-refractivity contribution < 1.29 is 4.74 Å². The summed E-state index contributed by atoms with van der Waals surface area (Å²) in [5.74, 6) is 2.44. The van der Waals surface area contributed by atoms with Crippen molar-refractivity contribution in [2.45, 2.75) is 5.41 Å². The lowest BCUT2D eigenvalue weighted by Crippen LogP contribution is -2.32. The lowest BCUT2D eigenvalue weighted by atomic mass is 9.66. The maximum Gasteiger partial charge on any atom is 0.160 e. The van der Waals surface area contributed by atoms with Crippen LogP contribution in [-0.4, -0.2) is 9.97 Å². The number of para-hydroxylation sites is 2. The molecule has 3 heteroatoms. The average molecular weight is 537 g/mol. The topological polar surface area (TPSA) is 35.0 Å². The van der Waals surface area contributed by atoms with E-state index >= 15 is 0 Å². The molecule has 0 radical (unpaired) electrons. The molecule has 3 nitrogen and oxygen atoms in total. The van der Waals surface area contributed by atoms with Crippen LogP contribution in [0.4, 0.5) is 0 Å². The van der Waals surface area contributed by atoms with Gasteiger partial charge in [0.1, 0.15) is 11.5 Å². The molecule has 6 aromatic carbocycles. The Hall–Kier alpha value is -5.54. The van der Waals surface area contributed by atoms with Crippen LogP contribution in [0.3, 0.4) is 0 Å². The van der Waals surface area contributed by atoms with Gasteiger partial charge >= 0.3 is 0 Å². The van der Waals surface area contributed by atoms with E-state index in [1.54, 1.807) is 0 Å². The molecule has 1 aliphatic heterocycles. The van der Waals surface area contributed by atoms with Gasteiger partial charge in [-0.1, -0.05) is 115 Å². The fourth-order valence-electron chi connectivity index (χ4n) is 7.02. The van der Waals surface area contributed by atoms with Gasteiger partial charge in [0.05, 0.1) is 16.6 Å². The molecule has 0 bridgehead atoms. The lowest BCUT2D eigenvalue weighted by Gasteiger charge is -2.39. The molecule has 2 aliphatic rings. The summed E-state index contributed by atoms with van der Waals surface area (Å²) in [4.78, 5) is 10.3. The van der Waals surface area contributed by atoms with Crippen molar-refractivity contribution in [3.8, 4) is 45.3 Å². The van der Waals surface area contributed by atoms with Crippen molar-refractivity contribution in [2.75, 3.05) is 0 Å². The van der Waals surface area contributed by atoms with Crippen LogP contribution < -0.4 is 4.74 Å². The zero-order valence-corrected chi connectivity index (χ0v) is 22.7. The molecule has 0 fully saturated rings. The predicted molar refractivity (Wildman–Crippen MR) is 168 cm³/mol. The first-order valence-electron chi connectivity index (χ1n) is 14.3. The highest BCUT2D eigenvalue weighted by Gasteiger charge is 2.51. The van der Waals surface area contributed by atoms with Crippen LogP contribution in [0.5, 0.6) is 11.5 Å². The number of hydrogen-bond acceptors (Lipinski definition) is 3. The summed E-state index contributed by atoms with van der Waals surface area (Å²) in [6, 6.07) is 51.1. The second-order valence-corrected chi connectivity index (χ2v) is 10.9. The van der Waals surface area contributed by atoms with E-state index in [1.165, 1.54) is 22.3 Å². The van der Waals surface area contributed by atoms with E-state index in [-0.39, 0.29) is 0 Å². The summed E-state index contributed by atoms with van der Waals surface area (Å²) in [6.07, 6.45) is 0. The van der Waals surface area contributed by atoms with Crippen LogP contribution >= 0.6 is 0 Å². The first kappa shape index (κ1) is 23.2. The highest BCUT2D eigenvalue weighted by molar-refractivity contribution is 5.94. The van der Waals surface area contributed by atoms with Gasteiger partial charge in [0, 0.05) is 27.6 Å². The number of rotatable bonds is 2. The third-order valence-electron chi connectivity index (χ3n) is 8.76. The van der Waals surface area contributed by atoms with Gasteiger partial charge in [0.15, 0.2) is 5.82 Å². The molecule has 1 aromatic heterocycles. The van der Waals surface area contributed by atoms with Gasteiger partial charge in [0.2, 0.25) is 0 Å². The van der Waals surface area contributed by atoms with Crippen molar-refractivity contribution in [1.29, 1.82) is 0 Å². The van der Waals surface area contributed by atoms with Gasteiger partial charge in [-0.05, 0) is 52.6 Å². The van der Waals surface area contributed by atoms with Crippen LogP contribution in [0.25, 0.3) is 44.7 Å². The zero-order valence-electron chi connectivity index (χ0n) is 22.7. The molecule has 9 rings (SSSR count). The maximum atomic E-state index is 6.61. The van der Waals surface area contributed by atoms with Crippen molar-refractivity contribution in [1.82, 2.24) is 9.97 Å². The summed E-state index contributed by atoms with van der Waals surface area (Å²) in [7, 11) is 0. The molecule has 2 heterocycles. The van der Waals surface area contributed by atoms with Gasteiger partial charge in [-0.2, -0.15) is 0 Å². The van der Waals surface area contributed by atoms with Gasteiger partial charge < -0.3 is 4.74 Å². The van der Waals surface area contributed by atoms with E-state index < -0.39 is 5.41 Å². The van der Waals surface area contributed by atoms with Gasteiger partial charge in [-0.25, -0.2) is 9.97 Å². The quantitative estimate of drug-likeness (QED) is 0.221. The molecule has 0 saturated carbocycles. The number of benzene rings is 6. The van der Waals surface area contributed by atoms with E-state index in [4.69, 9.17) is 14.7 Å². The van der Waals surface area contributed by atoms with Crippen molar-refractivity contribution in [2.24, 2.45) is 0 Å². The Kier molecular flexibility index (Phi) is 4.82. The van der Waals surface area contributed by atoms with Crippen molar-refractivity contribution >= 4 is 10.9 Å². The van der Waals surface area contributed by atoms with E-state index in [0.29, 0.717) is 5.82 Å². The van der Waals surface area contributed by atoms with Crippen LogP contribution in [0.1, 0.15) is 22.3 Å². The second kappa shape index (κ2) is 8.73. The molecular formula is C39H24N2O. The Balaban J connectivity index is 1.35. The number of aromatic nitrogens is 2. The standard InChI is InChI=1S/C39H24N2O/c1-2-12-25(13-3-1)37-29-16-6-10-20-34(29)40-38(41-37)26-22-23-36-33(24-26)39(32-19-9-11-21-35(32)42-36)30-17-7-4-14-27(30)28-15-5-8-18-31(28)39/h1-24H. The second-order valence-electron chi connectivity index (χ2n) is 10.9. The first-order valence-corrected chi connectivity index (χ1v) is 14.3. The minimum Gasteiger partial charge on any atom is -0.457 e. The number of ether oxygens (including phenoxy) is 1. The fourth-order valence-corrected chi connectivity index (χ4v) is 7.02. The molecule has 0 atom stereocenters. The third kappa shape index (κ3) is 3.11. The SMILES string of the molecule is c1ccc(-c2nc(-c3ccc4c(c3)C3(c5ccccc5O4)c4ccccc4-c4ccccc43)nc3ccccc23)cc1. The molecule has 42 heavy (non-hydrogen) atoms. The Morgan fingerprint density at radius 3 is 1.86 bits per heavy atom. The summed E-state index contributed by atoms with van der Waals surface area (Å²) < 4.78 is 6.61. The Labute approximate surface area is 243 Å². The summed E-state index contributed by atoms with van der Waals surface area (Å²) in [5, 5.41) is 1.04. The molecule has 196 valence electrons. The minimum absolute atomic E-state index is 0.521. The molecule has 0 amide bonds. The van der Waals surface area contributed by atoms with Crippen LogP contribution in [0.2, 0.25) is 0 Å². The van der Waals surface area contributed by atoms with E-state index in [0.717, 1.165) is 50.3 Å². The fraction of sp³-hybridized carbons (Fsp3) is 0.0256. The van der Waals surface area contributed by atoms with E-state index in [9.17, 15) is 0 Å². The van der Waals surface area contributed by atoms with Gasteiger partial charge in [-0.3, -0.25) is 0 Å². The Morgan fingerprint density at radius 1 is 0.452 bits per heavy atom. The molecule has 1 aliphatic carbocycles. The number of nitrogens with zero attached hydrogens (tertiary/aromatic N) is 2. The van der Waals surface area contributed by atoms with E-state index in [2.05, 4.69) is 121 Å². The average Bonchev–Trinajstić information content (AvgIpc) is 3.35. The molecule has 0 N–H and O–H groups in total. The smallest absolute Gasteiger partial charge is 0.160 e. The Morgan fingerprint density at radius 2 is 1.07 bits per heavy atom. The monoisotopic (exact) mass is 536 g/mol. The minimum atomic E-state index is -0.521.